The van der Waals surface area contributed by atoms with Gasteiger partial charge in [0.15, 0.2) is 0 Å². The van der Waals surface area contributed by atoms with Crippen LogP contribution in [0.5, 0.6) is 0 Å². The lowest BCUT2D eigenvalue weighted by Crippen LogP contribution is -1.99. The number of aliphatic imine (C=N–C) groups is 1. The van der Waals surface area contributed by atoms with E-state index in [2.05, 4.69) is 11.6 Å². The standard InChI is InChI=1S/C8H14N2/c1-4-5-8(6-10-3)7(2)9/h5-6H,2,4,9H2,1,3H3/b8-5+,10-6?. The predicted molar refractivity (Wildman–Crippen MR) is 46.1 cm³/mol. The van der Waals surface area contributed by atoms with Crippen LogP contribution in [0, 0.1) is 0 Å². The van der Waals surface area contributed by atoms with Crippen LogP contribution >= 0.6 is 0 Å². The van der Waals surface area contributed by atoms with E-state index >= 15 is 0 Å². The van der Waals surface area contributed by atoms with E-state index in [9.17, 15) is 0 Å². The van der Waals surface area contributed by atoms with Gasteiger partial charge in [-0.1, -0.05) is 19.6 Å². The molecule has 0 spiro atoms. The van der Waals surface area contributed by atoms with Gasteiger partial charge in [-0.15, -0.1) is 0 Å². The SMILES string of the molecule is C=C(N)/C(C=NC)=C/CC. The highest BCUT2D eigenvalue weighted by Gasteiger charge is 1.90. The maximum Gasteiger partial charge on any atom is 0.0326 e. The van der Waals surface area contributed by atoms with Gasteiger partial charge in [0.05, 0.1) is 0 Å². The van der Waals surface area contributed by atoms with Gasteiger partial charge in [0.25, 0.3) is 0 Å². The summed E-state index contributed by atoms with van der Waals surface area (Å²) < 4.78 is 0. The predicted octanol–water partition coefficient (Wildman–Crippen LogP) is 1.50. The van der Waals surface area contributed by atoms with Gasteiger partial charge in [0.1, 0.15) is 0 Å². The molecule has 2 N–H and O–H groups in total. The molecule has 0 aliphatic heterocycles. The Balaban J connectivity index is 4.26. The highest BCUT2D eigenvalue weighted by molar-refractivity contribution is 5.83. The normalized spacial score (nSPS) is 12.4. The second-order valence-electron chi connectivity index (χ2n) is 1.98. The first-order valence-electron chi connectivity index (χ1n) is 3.29. The van der Waals surface area contributed by atoms with E-state index in [4.69, 9.17) is 5.73 Å². The summed E-state index contributed by atoms with van der Waals surface area (Å²) in [6.45, 7) is 5.66. The summed E-state index contributed by atoms with van der Waals surface area (Å²) in [7, 11) is 1.71. The van der Waals surface area contributed by atoms with Crippen molar-refractivity contribution in [1.82, 2.24) is 0 Å². The quantitative estimate of drug-likeness (QED) is 0.465. The monoisotopic (exact) mass is 138 g/mol. The molecule has 0 heterocycles. The van der Waals surface area contributed by atoms with Crippen molar-refractivity contribution in [3.8, 4) is 0 Å². The van der Waals surface area contributed by atoms with Crippen molar-refractivity contribution in [2.45, 2.75) is 13.3 Å². The number of rotatable bonds is 3. The van der Waals surface area contributed by atoms with E-state index in [0.29, 0.717) is 5.70 Å². The maximum atomic E-state index is 5.45. The zero-order chi connectivity index (χ0) is 7.98. The summed E-state index contributed by atoms with van der Waals surface area (Å²) in [6, 6.07) is 0. The van der Waals surface area contributed by atoms with Crippen LogP contribution in [0.3, 0.4) is 0 Å². The third-order valence-electron chi connectivity index (χ3n) is 1.06. The zero-order valence-corrected chi connectivity index (χ0v) is 6.59. The average molecular weight is 138 g/mol. The lowest BCUT2D eigenvalue weighted by Gasteiger charge is -1.96. The molecule has 0 rings (SSSR count). The van der Waals surface area contributed by atoms with Crippen molar-refractivity contribution in [1.29, 1.82) is 0 Å². The van der Waals surface area contributed by atoms with Crippen molar-refractivity contribution in [2.75, 3.05) is 7.05 Å². The Bertz CT molecular complexity index is 166. The largest absolute Gasteiger partial charge is 0.399 e. The molecular formula is C8H14N2. The molecule has 0 saturated heterocycles. The summed E-state index contributed by atoms with van der Waals surface area (Å²) in [5, 5.41) is 0. The minimum atomic E-state index is 0.576. The Morgan fingerprint density at radius 1 is 1.70 bits per heavy atom. The van der Waals surface area contributed by atoms with Crippen molar-refractivity contribution in [2.24, 2.45) is 10.7 Å². The van der Waals surface area contributed by atoms with Crippen LogP contribution in [0.1, 0.15) is 13.3 Å². The fraction of sp³-hybridized carbons (Fsp3) is 0.375. The molecule has 0 bridgehead atoms. The van der Waals surface area contributed by atoms with Crippen molar-refractivity contribution >= 4 is 6.21 Å². The smallest absolute Gasteiger partial charge is 0.0326 e. The van der Waals surface area contributed by atoms with E-state index in [1.54, 1.807) is 13.3 Å². The fourth-order valence-corrected chi connectivity index (χ4v) is 0.626. The molecule has 0 aromatic rings. The number of nitrogens with zero attached hydrogens (tertiary/aromatic N) is 1. The Labute approximate surface area is 62.1 Å². The molecule has 0 aromatic carbocycles. The fourth-order valence-electron chi connectivity index (χ4n) is 0.626. The van der Waals surface area contributed by atoms with Gasteiger partial charge in [0, 0.05) is 24.5 Å². The molecule has 10 heavy (non-hydrogen) atoms. The molecule has 0 fully saturated rings. The molecule has 0 radical (unpaired) electrons. The number of hydrogen-bond acceptors (Lipinski definition) is 2. The van der Waals surface area contributed by atoms with Gasteiger partial charge in [-0.25, -0.2) is 0 Å². The van der Waals surface area contributed by atoms with Gasteiger partial charge in [-0.05, 0) is 6.42 Å². The first-order valence-corrected chi connectivity index (χ1v) is 3.29. The first kappa shape index (κ1) is 8.95. The highest BCUT2D eigenvalue weighted by atomic mass is 14.7. The number of allylic oxidation sites excluding steroid dienone is 2. The van der Waals surface area contributed by atoms with Gasteiger partial charge in [-0.2, -0.15) is 0 Å². The Morgan fingerprint density at radius 2 is 2.30 bits per heavy atom. The van der Waals surface area contributed by atoms with Crippen LogP contribution in [-0.4, -0.2) is 13.3 Å². The van der Waals surface area contributed by atoms with Crippen molar-refractivity contribution in [3.05, 3.63) is 23.9 Å². The first-order chi connectivity index (χ1) is 4.72. The van der Waals surface area contributed by atoms with Crippen LogP contribution in [0.25, 0.3) is 0 Å². The maximum absolute atomic E-state index is 5.45. The Kier molecular flexibility index (Phi) is 4.29. The topological polar surface area (TPSA) is 38.4 Å². The van der Waals surface area contributed by atoms with Gasteiger partial charge < -0.3 is 5.73 Å². The average Bonchev–Trinajstić information content (AvgIpc) is 1.87. The third kappa shape index (κ3) is 3.07. The van der Waals surface area contributed by atoms with Gasteiger partial charge in [0.2, 0.25) is 0 Å². The lowest BCUT2D eigenvalue weighted by atomic mass is 10.2. The molecule has 0 unspecified atom stereocenters. The highest BCUT2D eigenvalue weighted by Crippen LogP contribution is 1.99. The summed E-state index contributed by atoms with van der Waals surface area (Å²) in [5.74, 6) is 0. The summed E-state index contributed by atoms with van der Waals surface area (Å²) in [6.07, 6.45) is 4.67. The molecule has 2 nitrogen and oxygen atoms in total. The van der Waals surface area contributed by atoms with Crippen LogP contribution < -0.4 is 5.73 Å². The molecule has 0 aromatic heterocycles. The van der Waals surface area contributed by atoms with E-state index in [1.807, 2.05) is 13.0 Å². The second kappa shape index (κ2) is 4.79. The molecule has 0 atom stereocenters. The Morgan fingerprint density at radius 3 is 2.60 bits per heavy atom. The lowest BCUT2D eigenvalue weighted by molar-refractivity contribution is 1.20. The minimum Gasteiger partial charge on any atom is -0.399 e. The third-order valence-corrected chi connectivity index (χ3v) is 1.06. The molecule has 56 valence electrons. The molecular weight excluding hydrogens is 124 g/mol. The molecule has 0 saturated carbocycles. The van der Waals surface area contributed by atoms with Crippen LogP contribution in [0.2, 0.25) is 0 Å². The van der Waals surface area contributed by atoms with E-state index in [-0.39, 0.29) is 0 Å². The van der Waals surface area contributed by atoms with Gasteiger partial charge >= 0.3 is 0 Å². The summed E-state index contributed by atoms with van der Waals surface area (Å²) in [4.78, 5) is 3.84. The van der Waals surface area contributed by atoms with Crippen LogP contribution in [-0.2, 0) is 0 Å². The van der Waals surface area contributed by atoms with E-state index in [0.717, 1.165) is 12.0 Å². The van der Waals surface area contributed by atoms with E-state index < -0.39 is 0 Å². The van der Waals surface area contributed by atoms with Crippen molar-refractivity contribution < 1.29 is 0 Å². The van der Waals surface area contributed by atoms with Crippen LogP contribution in [0.4, 0.5) is 0 Å². The summed E-state index contributed by atoms with van der Waals surface area (Å²) >= 11 is 0. The number of hydrogen-bond donors (Lipinski definition) is 1. The van der Waals surface area contributed by atoms with Crippen molar-refractivity contribution in [3.63, 3.8) is 0 Å². The van der Waals surface area contributed by atoms with Crippen LogP contribution in [0.15, 0.2) is 28.9 Å². The zero-order valence-electron chi connectivity index (χ0n) is 6.59. The molecule has 2 heteroatoms. The number of nitrogens with two attached hydrogens (primary N) is 1. The molecule has 0 aliphatic carbocycles. The van der Waals surface area contributed by atoms with Gasteiger partial charge in [-0.3, -0.25) is 4.99 Å². The molecule has 0 aliphatic rings. The van der Waals surface area contributed by atoms with E-state index in [1.165, 1.54) is 0 Å². The minimum absolute atomic E-state index is 0.576. The second-order valence-corrected chi connectivity index (χ2v) is 1.98. The Hall–Kier alpha value is -1.05. The molecule has 0 amide bonds. The summed E-state index contributed by atoms with van der Waals surface area (Å²) in [5.41, 5.74) is 6.95.